The number of nitrogens with two attached hydrogens (primary N) is 2. The molecule has 5 nitrogen and oxygen atoms in total. The molecule has 5 N–H and O–H groups in total. The van der Waals surface area contributed by atoms with Gasteiger partial charge in [0, 0.05) is 0 Å². The summed E-state index contributed by atoms with van der Waals surface area (Å²) in [6.07, 6.45) is 2.45. The summed E-state index contributed by atoms with van der Waals surface area (Å²) in [6.45, 7) is 0.682. The maximum atomic E-state index is 11.3. The normalized spacial score (nSPS) is 10.3. The number of furan rings is 1. The minimum absolute atomic E-state index is 0.321. The Morgan fingerprint density at radius 3 is 3.07 bits per heavy atom. The predicted octanol–water partition coefficient (Wildman–Crippen LogP) is 0.465. The van der Waals surface area contributed by atoms with Crippen LogP contribution in [0.15, 0.2) is 16.7 Å². The van der Waals surface area contributed by atoms with Crippen molar-refractivity contribution in [3.8, 4) is 0 Å². The summed E-state index contributed by atoms with van der Waals surface area (Å²) in [5, 5.41) is 0. The van der Waals surface area contributed by atoms with Crippen molar-refractivity contribution in [3.63, 3.8) is 0 Å². The van der Waals surface area contributed by atoms with E-state index in [9.17, 15) is 4.79 Å². The molecule has 6 heteroatoms. The van der Waals surface area contributed by atoms with Gasteiger partial charge in [-0.1, -0.05) is 0 Å². The van der Waals surface area contributed by atoms with Crippen molar-refractivity contribution in [3.05, 3.63) is 23.7 Å². The van der Waals surface area contributed by atoms with Gasteiger partial charge in [-0.05, 0) is 24.8 Å². The first-order chi connectivity index (χ1) is 7.29. The van der Waals surface area contributed by atoms with E-state index >= 15 is 0 Å². The third-order valence-corrected chi connectivity index (χ3v) is 2.89. The average molecular weight is 229 g/mol. The molecule has 15 heavy (non-hydrogen) atoms. The second-order valence-electron chi connectivity index (χ2n) is 2.93. The largest absolute Gasteiger partial charge is 0.468 e. The van der Waals surface area contributed by atoms with Crippen LogP contribution in [-0.4, -0.2) is 18.2 Å². The van der Waals surface area contributed by atoms with Gasteiger partial charge in [-0.25, -0.2) is 5.84 Å². The molecule has 0 atom stereocenters. The van der Waals surface area contributed by atoms with E-state index in [2.05, 4.69) is 5.43 Å². The maximum absolute atomic E-state index is 11.3. The van der Waals surface area contributed by atoms with Crippen LogP contribution in [0.2, 0.25) is 0 Å². The molecule has 0 saturated heterocycles. The van der Waals surface area contributed by atoms with E-state index in [1.165, 1.54) is 6.26 Å². The van der Waals surface area contributed by atoms with Crippen molar-refractivity contribution < 1.29 is 9.21 Å². The summed E-state index contributed by atoms with van der Waals surface area (Å²) in [4.78, 5) is 11.3. The lowest BCUT2D eigenvalue weighted by Gasteiger charge is -2.01. The summed E-state index contributed by atoms with van der Waals surface area (Å²) in [5.41, 5.74) is 7.95. The van der Waals surface area contributed by atoms with Crippen molar-refractivity contribution in [2.45, 2.75) is 12.2 Å². The highest BCUT2D eigenvalue weighted by Crippen LogP contribution is 2.18. The standard InChI is InChI=1S/C9H15N3O2S/c10-3-1-5-15-6-8-7(2-4-14-8)9(13)12-11/h2,4H,1,3,5-6,10-11H2,(H,12,13). The smallest absolute Gasteiger partial charge is 0.268 e. The van der Waals surface area contributed by atoms with Gasteiger partial charge in [0.25, 0.3) is 5.91 Å². The molecule has 0 spiro atoms. The highest BCUT2D eigenvalue weighted by molar-refractivity contribution is 7.98. The fourth-order valence-electron chi connectivity index (χ4n) is 1.08. The molecule has 0 saturated carbocycles. The Morgan fingerprint density at radius 2 is 2.40 bits per heavy atom. The van der Waals surface area contributed by atoms with Crippen molar-refractivity contribution in [2.75, 3.05) is 12.3 Å². The molecular formula is C9H15N3O2S. The average Bonchev–Trinajstić information content (AvgIpc) is 2.71. The quantitative estimate of drug-likeness (QED) is 0.285. The molecule has 1 amide bonds. The molecular weight excluding hydrogens is 214 g/mol. The molecule has 0 fully saturated rings. The minimum atomic E-state index is -0.321. The van der Waals surface area contributed by atoms with Gasteiger partial charge < -0.3 is 10.2 Å². The molecule has 0 aromatic carbocycles. The predicted molar refractivity (Wildman–Crippen MR) is 60.2 cm³/mol. The Balaban J connectivity index is 2.46. The number of thioether (sulfide) groups is 1. The zero-order valence-electron chi connectivity index (χ0n) is 8.36. The Hall–Kier alpha value is -0.980. The zero-order valence-corrected chi connectivity index (χ0v) is 9.18. The lowest BCUT2D eigenvalue weighted by Crippen LogP contribution is -2.30. The number of hydrogen-bond acceptors (Lipinski definition) is 5. The summed E-state index contributed by atoms with van der Waals surface area (Å²) < 4.78 is 5.20. The monoisotopic (exact) mass is 229 g/mol. The molecule has 0 bridgehead atoms. The van der Waals surface area contributed by atoms with Crippen LogP contribution in [0, 0.1) is 0 Å². The molecule has 0 radical (unpaired) electrons. The van der Waals surface area contributed by atoms with E-state index in [1.807, 2.05) is 0 Å². The highest BCUT2D eigenvalue weighted by Gasteiger charge is 2.12. The van der Waals surface area contributed by atoms with Crippen LogP contribution in [0.3, 0.4) is 0 Å². The van der Waals surface area contributed by atoms with Crippen LogP contribution in [0.4, 0.5) is 0 Å². The Morgan fingerprint density at radius 1 is 1.60 bits per heavy atom. The SMILES string of the molecule is NCCCSCc1occc1C(=O)NN. The van der Waals surface area contributed by atoms with Crippen molar-refractivity contribution >= 4 is 17.7 Å². The molecule has 0 aliphatic carbocycles. The second-order valence-corrected chi connectivity index (χ2v) is 4.03. The van der Waals surface area contributed by atoms with Crippen LogP contribution in [0.25, 0.3) is 0 Å². The van der Waals surface area contributed by atoms with E-state index in [1.54, 1.807) is 17.8 Å². The van der Waals surface area contributed by atoms with Crippen LogP contribution in [0.1, 0.15) is 22.5 Å². The summed E-state index contributed by atoms with van der Waals surface area (Å²) in [6, 6.07) is 1.61. The van der Waals surface area contributed by atoms with Gasteiger partial charge in [-0.15, -0.1) is 0 Å². The molecule has 1 heterocycles. The first-order valence-electron chi connectivity index (χ1n) is 4.64. The molecule has 1 aromatic heterocycles. The molecule has 1 aromatic rings. The van der Waals surface area contributed by atoms with Gasteiger partial charge in [0.1, 0.15) is 5.76 Å². The lowest BCUT2D eigenvalue weighted by molar-refractivity contribution is 0.0952. The zero-order chi connectivity index (χ0) is 11.1. The highest BCUT2D eigenvalue weighted by atomic mass is 32.2. The van der Waals surface area contributed by atoms with Gasteiger partial charge in [0.15, 0.2) is 0 Å². The number of hydrazine groups is 1. The van der Waals surface area contributed by atoms with Crippen LogP contribution >= 0.6 is 11.8 Å². The topological polar surface area (TPSA) is 94.3 Å². The number of nitrogens with one attached hydrogen (secondary N) is 1. The minimum Gasteiger partial charge on any atom is -0.468 e. The number of hydrogen-bond donors (Lipinski definition) is 3. The first-order valence-corrected chi connectivity index (χ1v) is 5.80. The summed E-state index contributed by atoms with van der Waals surface area (Å²) in [5.74, 6) is 7.00. The Kier molecular flexibility index (Phi) is 5.23. The summed E-state index contributed by atoms with van der Waals surface area (Å²) in [7, 11) is 0. The number of rotatable bonds is 6. The molecule has 0 unspecified atom stereocenters. The molecule has 0 aliphatic heterocycles. The van der Waals surface area contributed by atoms with E-state index in [0.717, 1.165) is 12.2 Å². The second kappa shape index (κ2) is 6.49. The van der Waals surface area contributed by atoms with Gasteiger partial charge >= 0.3 is 0 Å². The van der Waals surface area contributed by atoms with Gasteiger partial charge in [0.2, 0.25) is 0 Å². The van der Waals surface area contributed by atoms with E-state index in [4.69, 9.17) is 16.0 Å². The van der Waals surface area contributed by atoms with E-state index in [0.29, 0.717) is 23.6 Å². The van der Waals surface area contributed by atoms with Gasteiger partial charge in [0.05, 0.1) is 17.6 Å². The number of nitrogen functional groups attached to an aromatic ring is 1. The number of amides is 1. The number of carbonyl (C=O) groups is 1. The van der Waals surface area contributed by atoms with Gasteiger partial charge in [-0.3, -0.25) is 10.2 Å². The van der Waals surface area contributed by atoms with E-state index < -0.39 is 0 Å². The van der Waals surface area contributed by atoms with E-state index in [-0.39, 0.29) is 5.91 Å². The van der Waals surface area contributed by atoms with Crippen molar-refractivity contribution in [2.24, 2.45) is 11.6 Å². The third kappa shape index (κ3) is 3.58. The maximum Gasteiger partial charge on any atom is 0.268 e. The lowest BCUT2D eigenvalue weighted by atomic mass is 10.2. The Bertz CT molecular complexity index is 314. The van der Waals surface area contributed by atoms with Crippen LogP contribution in [-0.2, 0) is 5.75 Å². The molecule has 84 valence electrons. The molecule has 0 aliphatic rings. The fourth-order valence-corrected chi connectivity index (χ4v) is 2.01. The Labute approximate surface area is 92.5 Å². The molecule has 1 rings (SSSR count). The van der Waals surface area contributed by atoms with Crippen LogP contribution < -0.4 is 17.0 Å². The summed E-state index contributed by atoms with van der Waals surface area (Å²) >= 11 is 1.68. The number of carbonyl (C=O) groups excluding carboxylic acids is 1. The fraction of sp³-hybridized carbons (Fsp3) is 0.444. The third-order valence-electron chi connectivity index (χ3n) is 1.85. The van der Waals surface area contributed by atoms with Crippen LogP contribution in [0.5, 0.6) is 0 Å². The first kappa shape index (κ1) is 12.1. The van der Waals surface area contributed by atoms with Crippen molar-refractivity contribution in [1.82, 2.24) is 5.43 Å². The van der Waals surface area contributed by atoms with Gasteiger partial charge in [-0.2, -0.15) is 11.8 Å². The van der Waals surface area contributed by atoms with Crippen molar-refractivity contribution in [1.29, 1.82) is 0 Å².